The van der Waals surface area contributed by atoms with E-state index in [2.05, 4.69) is 15.6 Å². The summed E-state index contributed by atoms with van der Waals surface area (Å²) in [6.45, 7) is 5.38. The Bertz CT molecular complexity index is 1260. The number of amides is 2. The number of carboxylic acid groups (broad SMARTS) is 1. The number of hydrogen-bond donors (Lipinski definition) is 4. The van der Waals surface area contributed by atoms with Gasteiger partial charge in [-0.05, 0) is 56.4 Å². The average molecular weight is 520 g/mol. The third-order valence-corrected chi connectivity index (χ3v) is 5.74. The second kappa shape index (κ2) is 12.7. The first kappa shape index (κ1) is 28.2. The van der Waals surface area contributed by atoms with Crippen LogP contribution in [-0.2, 0) is 9.53 Å². The van der Waals surface area contributed by atoms with Gasteiger partial charge in [-0.3, -0.25) is 9.59 Å². The van der Waals surface area contributed by atoms with Gasteiger partial charge in [0, 0.05) is 18.7 Å². The van der Waals surface area contributed by atoms with Crippen LogP contribution in [0.15, 0.2) is 77.7 Å². The van der Waals surface area contributed by atoms with Gasteiger partial charge >= 0.3 is 12.1 Å². The van der Waals surface area contributed by atoms with Crippen molar-refractivity contribution in [2.45, 2.75) is 51.2 Å². The van der Waals surface area contributed by atoms with E-state index >= 15 is 0 Å². The van der Waals surface area contributed by atoms with Crippen molar-refractivity contribution >= 4 is 18.0 Å². The lowest BCUT2D eigenvalue weighted by molar-refractivity contribution is -0.139. The molecule has 0 aliphatic heterocycles. The van der Waals surface area contributed by atoms with E-state index in [0.29, 0.717) is 5.56 Å². The number of aromatic amines is 1. The Hall–Kier alpha value is -4.40. The van der Waals surface area contributed by atoms with Gasteiger partial charge in [0.2, 0.25) is 0 Å². The highest BCUT2D eigenvalue weighted by atomic mass is 16.6. The van der Waals surface area contributed by atoms with E-state index in [1.807, 2.05) is 60.7 Å². The highest BCUT2D eigenvalue weighted by Crippen LogP contribution is 2.32. The van der Waals surface area contributed by atoms with Gasteiger partial charge in [-0.1, -0.05) is 60.7 Å². The van der Waals surface area contributed by atoms with E-state index in [-0.39, 0.29) is 24.9 Å². The van der Waals surface area contributed by atoms with Gasteiger partial charge < -0.3 is 25.5 Å². The summed E-state index contributed by atoms with van der Waals surface area (Å²) < 4.78 is 5.16. The minimum Gasteiger partial charge on any atom is -0.480 e. The van der Waals surface area contributed by atoms with E-state index in [0.717, 1.165) is 11.1 Å². The average Bonchev–Trinajstić information content (AvgIpc) is 2.86. The van der Waals surface area contributed by atoms with Crippen LogP contribution in [-0.4, -0.2) is 46.2 Å². The van der Waals surface area contributed by atoms with Crippen LogP contribution in [0, 0.1) is 0 Å². The Morgan fingerprint density at radius 1 is 0.947 bits per heavy atom. The minimum absolute atomic E-state index is 0.0394. The van der Waals surface area contributed by atoms with E-state index in [1.54, 1.807) is 26.8 Å². The fraction of sp³-hybridized carbons (Fsp3) is 0.310. The molecular weight excluding hydrogens is 486 g/mol. The fourth-order valence-electron chi connectivity index (χ4n) is 4.11. The SMILES string of the molecule is CC(C)(C)OC(=O)NCCC[C@H](NC(=O)c1c(C(c2ccccc2)c2ccccc2)cc[nH]c1=O)C(=O)O. The number of ether oxygens (including phenoxy) is 1. The van der Waals surface area contributed by atoms with Crippen LogP contribution >= 0.6 is 0 Å². The summed E-state index contributed by atoms with van der Waals surface area (Å²) >= 11 is 0. The molecule has 0 bridgehead atoms. The Morgan fingerprint density at radius 3 is 2.05 bits per heavy atom. The molecule has 0 fully saturated rings. The zero-order chi connectivity index (χ0) is 27.7. The summed E-state index contributed by atoms with van der Waals surface area (Å²) in [7, 11) is 0. The highest BCUT2D eigenvalue weighted by molar-refractivity contribution is 5.98. The predicted molar refractivity (Wildman–Crippen MR) is 143 cm³/mol. The maximum absolute atomic E-state index is 13.4. The van der Waals surface area contributed by atoms with Crippen molar-refractivity contribution in [1.82, 2.24) is 15.6 Å². The quantitative estimate of drug-likeness (QED) is 0.298. The van der Waals surface area contributed by atoms with Crippen LogP contribution in [0.5, 0.6) is 0 Å². The molecule has 4 N–H and O–H groups in total. The number of aromatic nitrogens is 1. The van der Waals surface area contributed by atoms with Gasteiger partial charge in [0.25, 0.3) is 11.5 Å². The van der Waals surface area contributed by atoms with Crippen LogP contribution in [0.1, 0.15) is 66.6 Å². The fourth-order valence-corrected chi connectivity index (χ4v) is 4.11. The van der Waals surface area contributed by atoms with Crippen molar-refractivity contribution in [3.63, 3.8) is 0 Å². The zero-order valence-electron chi connectivity index (χ0n) is 21.7. The summed E-state index contributed by atoms with van der Waals surface area (Å²) in [5.74, 6) is -2.46. The van der Waals surface area contributed by atoms with Crippen molar-refractivity contribution in [2.75, 3.05) is 6.54 Å². The van der Waals surface area contributed by atoms with Crippen molar-refractivity contribution in [1.29, 1.82) is 0 Å². The number of hydrogen-bond acceptors (Lipinski definition) is 5. The normalized spacial score (nSPS) is 12.0. The van der Waals surface area contributed by atoms with Gasteiger partial charge in [0.15, 0.2) is 0 Å². The number of nitrogens with one attached hydrogen (secondary N) is 3. The van der Waals surface area contributed by atoms with Crippen molar-refractivity contribution in [3.8, 4) is 0 Å². The minimum atomic E-state index is -1.26. The molecular formula is C29H33N3O6. The van der Waals surface area contributed by atoms with Crippen LogP contribution < -0.4 is 16.2 Å². The third kappa shape index (κ3) is 7.80. The molecule has 2 aromatic carbocycles. The number of carboxylic acids is 1. The van der Waals surface area contributed by atoms with Gasteiger partial charge in [-0.15, -0.1) is 0 Å². The molecule has 1 heterocycles. The molecule has 3 rings (SSSR count). The number of carbonyl (C=O) groups excluding carboxylic acids is 2. The Balaban J connectivity index is 1.82. The molecule has 0 aliphatic rings. The second-order valence-electron chi connectivity index (χ2n) is 9.83. The molecule has 9 nitrogen and oxygen atoms in total. The van der Waals surface area contributed by atoms with Crippen molar-refractivity contribution in [2.24, 2.45) is 0 Å². The van der Waals surface area contributed by atoms with Gasteiger partial charge in [-0.2, -0.15) is 0 Å². The second-order valence-corrected chi connectivity index (χ2v) is 9.83. The lowest BCUT2D eigenvalue weighted by Crippen LogP contribution is -2.43. The maximum atomic E-state index is 13.4. The first-order valence-electron chi connectivity index (χ1n) is 12.4. The maximum Gasteiger partial charge on any atom is 0.407 e. The summed E-state index contributed by atoms with van der Waals surface area (Å²) in [5, 5.41) is 14.8. The first-order chi connectivity index (χ1) is 18.1. The molecule has 2 amide bonds. The van der Waals surface area contributed by atoms with E-state index < -0.39 is 41.1 Å². The number of H-pyrrole nitrogens is 1. The predicted octanol–water partition coefficient (Wildman–Crippen LogP) is 4.04. The molecule has 0 saturated heterocycles. The van der Waals surface area contributed by atoms with Gasteiger partial charge in [0.05, 0.1) is 0 Å². The molecule has 3 aromatic rings. The van der Waals surface area contributed by atoms with Crippen LogP contribution in [0.2, 0.25) is 0 Å². The lowest BCUT2D eigenvalue weighted by atomic mass is 9.83. The molecule has 1 atom stereocenters. The number of pyridine rings is 1. The smallest absolute Gasteiger partial charge is 0.407 e. The Kier molecular flexibility index (Phi) is 9.43. The third-order valence-electron chi connectivity index (χ3n) is 5.74. The standard InChI is InChI=1S/C29H33N3O6/c1-29(2,3)38-28(37)31-17-10-15-22(27(35)36)32-26(34)24-21(16-18-30-25(24)33)23(19-11-6-4-7-12-19)20-13-8-5-9-14-20/h4-9,11-14,16,18,22-23H,10,15,17H2,1-3H3,(H,30,33)(H,31,37)(H,32,34)(H,35,36)/t22-/m0/s1. The van der Waals surface area contributed by atoms with Crippen LogP contribution in [0.3, 0.4) is 0 Å². The van der Waals surface area contributed by atoms with Crippen molar-refractivity contribution in [3.05, 3.63) is 106 Å². The molecule has 38 heavy (non-hydrogen) atoms. The molecule has 0 saturated carbocycles. The van der Waals surface area contributed by atoms with E-state index in [1.165, 1.54) is 6.20 Å². The molecule has 0 spiro atoms. The molecule has 1 aromatic heterocycles. The largest absolute Gasteiger partial charge is 0.480 e. The first-order valence-corrected chi connectivity index (χ1v) is 12.4. The molecule has 0 radical (unpaired) electrons. The molecule has 200 valence electrons. The number of aliphatic carboxylic acids is 1. The topological polar surface area (TPSA) is 138 Å². The summed E-state index contributed by atoms with van der Waals surface area (Å²) in [5.41, 5.74) is 0.789. The monoisotopic (exact) mass is 519 g/mol. The number of benzene rings is 2. The zero-order valence-corrected chi connectivity index (χ0v) is 21.7. The summed E-state index contributed by atoms with van der Waals surface area (Å²) in [6, 6.07) is 19.3. The Morgan fingerprint density at radius 2 is 1.53 bits per heavy atom. The lowest BCUT2D eigenvalue weighted by Gasteiger charge is -2.22. The van der Waals surface area contributed by atoms with Crippen LogP contribution in [0.4, 0.5) is 4.79 Å². The number of carbonyl (C=O) groups is 3. The van der Waals surface area contributed by atoms with Crippen LogP contribution in [0.25, 0.3) is 0 Å². The molecule has 0 unspecified atom stereocenters. The number of rotatable bonds is 10. The van der Waals surface area contributed by atoms with Crippen molar-refractivity contribution < 1.29 is 24.2 Å². The summed E-state index contributed by atoms with van der Waals surface area (Å²) in [6.07, 6.45) is 1.18. The summed E-state index contributed by atoms with van der Waals surface area (Å²) in [4.78, 5) is 52.6. The molecule has 9 heteroatoms. The van der Waals surface area contributed by atoms with E-state index in [4.69, 9.17) is 4.74 Å². The number of alkyl carbamates (subject to hydrolysis) is 1. The van der Waals surface area contributed by atoms with E-state index in [9.17, 15) is 24.3 Å². The Labute approximate surface area is 221 Å². The van der Waals surface area contributed by atoms with Gasteiger partial charge in [0.1, 0.15) is 17.2 Å². The molecule has 0 aliphatic carbocycles. The van der Waals surface area contributed by atoms with Gasteiger partial charge in [-0.25, -0.2) is 9.59 Å². The highest BCUT2D eigenvalue weighted by Gasteiger charge is 2.28.